The molecule has 0 aliphatic carbocycles. The molecule has 1 aromatic heterocycles. The van der Waals surface area contributed by atoms with Crippen molar-refractivity contribution in [3.8, 4) is 0 Å². The summed E-state index contributed by atoms with van der Waals surface area (Å²) in [5.41, 5.74) is 0.645. The van der Waals surface area contributed by atoms with Gasteiger partial charge in [-0.1, -0.05) is 0 Å². The zero-order chi connectivity index (χ0) is 9.97. The highest BCUT2D eigenvalue weighted by Crippen LogP contribution is 2.20. The maximum atomic E-state index is 11.6. The molecule has 0 saturated carbocycles. The van der Waals surface area contributed by atoms with E-state index >= 15 is 0 Å². The summed E-state index contributed by atoms with van der Waals surface area (Å²) in [6, 6.07) is 3.37. The largest absolute Gasteiger partial charge is 0.323 e. The molecule has 2 rings (SSSR count). The van der Waals surface area contributed by atoms with Crippen LogP contribution in [0.25, 0.3) is 0 Å². The minimum absolute atomic E-state index is 0.0179. The van der Waals surface area contributed by atoms with E-state index in [-0.39, 0.29) is 24.8 Å². The Morgan fingerprint density at radius 3 is 2.64 bits per heavy atom. The van der Waals surface area contributed by atoms with Gasteiger partial charge in [0.2, 0.25) is 0 Å². The third-order valence-electron chi connectivity index (χ3n) is 2.04. The lowest BCUT2D eigenvalue weighted by atomic mass is 10.1. The Bertz CT molecular complexity index is 319. The Morgan fingerprint density at radius 2 is 2.07 bits per heavy atom. The Morgan fingerprint density at radius 1 is 1.43 bits per heavy atom. The summed E-state index contributed by atoms with van der Waals surface area (Å²) in [7, 11) is 0. The van der Waals surface area contributed by atoms with Crippen molar-refractivity contribution in [2.45, 2.75) is 25.9 Å². The first-order valence-electron chi connectivity index (χ1n) is 4.50. The normalized spacial score (nSPS) is 25.5. The van der Waals surface area contributed by atoms with E-state index in [4.69, 9.17) is 9.47 Å². The molecule has 0 aromatic carbocycles. The predicted octanol–water partition coefficient (Wildman–Crippen LogP) is 1.37. The number of hydrogen-bond acceptors (Lipinski definition) is 4. The fraction of sp³-hybridized carbons (Fsp3) is 0.400. The predicted molar refractivity (Wildman–Crippen MR) is 48.6 cm³/mol. The van der Waals surface area contributed by atoms with Gasteiger partial charge in [0, 0.05) is 18.0 Å². The fourth-order valence-electron chi connectivity index (χ4n) is 1.34. The van der Waals surface area contributed by atoms with Gasteiger partial charge in [0.15, 0.2) is 18.4 Å². The number of ketones is 1. The molecular formula is C10H11NO3. The summed E-state index contributed by atoms with van der Waals surface area (Å²) < 4.78 is 10.3. The van der Waals surface area contributed by atoms with Crippen molar-refractivity contribution in [2.24, 2.45) is 0 Å². The molecular weight excluding hydrogens is 182 g/mol. The van der Waals surface area contributed by atoms with Crippen molar-refractivity contribution in [3.05, 3.63) is 30.1 Å². The second-order valence-electron chi connectivity index (χ2n) is 3.13. The van der Waals surface area contributed by atoms with Gasteiger partial charge < -0.3 is 9.47 Å². The van der Waals surface area contributed by atoms with Crippen molar-refractivity contribution >= 4 is 5.78 Å². The van der Waals surface area contributed by atoms with Crippen LogP contribution in [0.5, 0.6) is 0 Å². The summed E-state index contributed by atoms with van der Waals surface area (Å²) in [6.45, 7) is 1.80. The molecule has 1 fully saturated rings. The van der Waals surface area contributed by atoms with E-state index in [1.54, 1.807) is 31.5 Å². The molecule has 0 spiro atoms. The molecule has 4 heteroatoms. The molecule has 0 unspecified atom stereocenters. The molecule has 0 amide bonds. The lowest BCUT2D eigenvalue weighted by Gasteiger charge is -2.33. The second-order valence-corrected chi connectivity index (χ2v) is 3.13. The van der Waals surface area contributed by atoms with Crippen LogP contribution >= 0.6 is 0 Å². The fourth-order valence-corrected chi connectivity index (χ4v) is 1.34. The molecule has 1 aliphatic heterocycles. The van der Waals surface area contributed by atoms with E-state index in [2.05, 4.69) is 4.98 Å². The van der Waals surface area contributed by atoms with Gasteiger partial charge in [-0.15, -0.1) is 0 Å². The van der Waals surface area contributed by atoms with E-state index in [9.17, 15) is 4.79 Å². The van der Waals surface area contributed by atoms with Gasteiger partial charge in [-0.05, 0) is 19.1 Å². The Kier molecular flexibility index (Phi) is 2.56. The maximum Gasteiger partial charge on any atom is 0.171 e. The maximum absolute atomic E-state index is 11.6. The van der Waals surface area contributed by atoms with E-state index < -0.39 is 0 Å². The number of carbonyl (C=O) groups is 1. The zero-order valence-corrected chi connectivity index (χ0v) is 7.84. The molecule has 74 valence electrons. The molecule has 0 N–H and O–H groups in total. The Labute approximate surface area is 81.9 Å². The standard InChI is InChI=1S/C10H11NO3/c1-7-13-10(14-7)6-9(12)8-2-4-11-5-3-8/h2-5,7,10H,6H2,1H3. The highest BCUT2D eigenvalue weighted by Gasteiger charge is 2.29. The summed E-state index contributed by atoms with van der Waals surface area (Å²) in [5, 5.41) is 0. The van der Waals surface area contributed by atoms with Crippen molar-refractivity contribution in [2.75, 3.05) is 0 Å². The van der Waals surface area contributed by atoms with E-state index in [0.29, 0.717) is 5.56 Å². The molecule has 0 bridgehead atoms. The van der Waals surface area contributed by atoms with Gasteiger partial charge in [0.1, 0.15) is 0 Å². The monoisotopic (exact) mass is 193 g/mol. The highest BCUT2D eigenvalue weighted by molar-refractivity contribution is 5.96. The van der Waals surface area contributed by atoms with Gasteiger partial charge in [0.25, 0.3) is 0 Å². The first kappa shape index (κ1) is 9.30. The first-order valence-corrected chi connectivity index (χ1v) is 4.50. The minimum Gasteiger partial charge on any atom is -0.323 e. The number of carbonyl (C=O) groups excluding carboxylic acids is 1. The van der Waals surface area contributed by atoms with E-state index in [1.165, 1.54) is 0 Å². The van der Waals surface area contributed by atoms with Crippen molar-refractivity contribution in [1.82, 2.24) is 4.98 Å². The number of rotatable bonds is 3. The van der Waals surface area contributed by atoms with Crippen LogP contribution in [0.4, 0.5) is 0 Å². The van der Waals surface area contributed by atoms with Crippen LogP contribution < -0.4 is 0 Å². The van der Waals surface area contributed by atoms with Gasteiger partial charge >= 0.3 is 0 Å². The summed E-state index contributed by atoms with van der Waals surface area (Å²) in [5.74, 6) is 0.0179. The SMILES string of the molecule is CC1OC(CC(=O)c2ccncc2)O1. The smallest absolute Gasteiger partial charge is 0.171 e. The van der Waals surface area contributed by atoms with Crippen molar-refractivity contribution in [3.63, 3.8) is 0 Å². The summed E-state index contributed by atoms with van der Waals surface area (Å²) >= 11 is 0. The lowest BCUT2D eigenvalue weighted by Crippen LogP contribution is -2.40. The minimum atomic E-state index is -0.370. The number of hydrogen-bond donors (Lipinski definition) is 0. The van der Waals surface area contributed by atoms with Crippen LogP contribution in [0.3, 0.4) is 0 Å². The molecule has 0 atom stereocenters. The highest BCUT2D eigenvalue weighted by atomic mass is 16.9. The van der Waals surface area contributed by atoms with Crippen LogP contribution in [0.15, 0.2) is 24.5 Å². The van der Waals surface area contributed by atoms with Crippen molar-refractivity contribution in [1.29, 1.82) is 0 Å². The topological polar surface area (TPSA) is 48.4 Å². The van der Waals surface area contributed by atoms with E-state index in [0.717, 1.165) is 0 Å². The zero-order valence-electron chi connectivity index (χ0n) is 7.84. The van der Waals surface area contributed by atoms with Crippen LogP contribution in [0.2, 0.25) is 0 Å². The van der Waals surface area contributed by atoms with Gasteiger partial charge in [-0.3, -0.25) is 9.78 Å². The van der Waals surface area contributed by atoms with Gasteiger partial charge in [0.05, 0.1) is 6.42 Å². The third kappa shape index (κ3) is 1.97. The molecule has 0 radical (unpaired) electrons. The van der Waals surface area contributed by atoms with E-state index in [1.807, 2.05) is 0 Å². The molecule has 4 nitrogen and oxygen atoms in total. The number of nitrogens with zero attached hydrogens (tertiary/aromatic N) is 1. The molecule has 1 aliphatic rings. The number of Topliss-reactive ketones (excluding diaryl/α,β-unsaturated/α-hetero) is 1. The van der Waals surface area contributed by atoms with Crippen LogP contribution in [-0.4, -0.2) is 23.3 Å². The van der Waals surface area contributed by atoms with Gasteiger partial charge in [-0.25, -0.2) is 0 Å². The molecule has 1 saturated heterocycles. The molecule has 2 heterocycles. The Hall–Kier alpha value is -1.26. The molecule has 1 aromatic rings. The number of aromatic nitrogens is 1. The van der Waals surface area contributed by atoms with Crippen LogP contribution in [-0.2, 0) is 9.47 Å². The van der Waals surface area contributed by atoms with Gasteiger partial charge in [-0.2, -0.15) is 0 Å². The van der Waals surface area contributed by atoms with Crippen LogP contribution in [0, 0.1) is 0 Å². The number of pyridine rings is 1. The summed E-state index contributed by atoms with van der Waals surface area (Å²) in [6.07, 6.45) is 2.92. The third-order valence-corrected chi connectivity index (χ3v) is 2.04. The quantitative estimate of drug-likeness (QED) is 0.680. The average molecular weight is 193 g/mol. The number of ether oxygens (including phenoxy) is 2. The Balaban J connectivity index is 1.90. The van der Waals surface area contributed by atoms with Crippen molar-refractivity contribution < 1.29 is 14.3 Å². The summed E-state index contributed by atoms with van der Waals surface area (Å²) in [4.78, 5) is 15.4. The second kappa shape index (κ2) is 3.86. The van der Waals surface area contributed by atoms with Crippen LogP contribution in [0.1, 0.15) is 23.7 Å². The lowest BCUT2D eigenvalue weighted by molar-refractivity contribution is -0.372. The first-order chi connectivity index (χ1) is 6.75. The average Bonchev–Trinajstić information content (AvgIpc) is 2.17. The molecule has 14 heavy (non-hydrogen) atoms.